The number of methoxy groups -OCH3 is 1. The second-order valence-corrected chi connectivity index (χ2v) is 8.39. The van der Waals surface area contributed by atoms with E-state index < -0.39 is 15.9 Å². The van der Waals surface area contributed by atoms with Gasteiger partial charge in [-0.25, -0.2) is 8.42 Å². The molecule has 0 aliphatic carbocycles. The molecule has 2 aromatic carbocycles. The Balaban J connectivity index is 2.16. The molecule has 0 heterocycles. The number of hydrogen-bond donors (Lipinski definition) is 1. The van der Waals surface area contributed by atoms with E-state index in [1.165, 1.54) is 6.07 Å². The van der Waals surface area contributed by atoms with Crippen LogP contribution in [0.4, 0.5) is 5.69 Å². The van der Waals surface area contributed by atoms with Gasteiger partial charge in [-0.05, 0) is 42.3 Å². The zero-order valence-corrected chi connectivity index (χ0v) is 17.0. The number of halogens is 1. The van der Waals surface area contributed by atoms with Gasteiger partial charge in [0.1, 0.15) is 12.3 Å². The quantitative estimate of drug-likeness (QED) is 0.723. The molecule has 0 radical (unpaired) electrons. The molecule has 0 spiro atoms. The fourth-order valence-corrected chi connectivity index (χ4v) is 3.69. The van der Waals surface area contributed by atoms with Crippen molar-refractivity contribution in [3.8, 4) is 5.75 Å². The van der Waals surface area contributed by atoms with Crippen molar-refractivity contribution in [2.75, 3.05) is 24.2 Å². The van der Waals surface area contributed by atoms with Gasteiger partial charge in [0, 0.05) is 5.02 Å². The Labute approximate surface area is 165 Å². The van der Waals surface area contributed by atoms with Crippen molar-refractivity contribution >= 4 is 33.2 Å². The Bertz CT molecular complexity index is 885. The van der Waals surface area contributed by atoms with E-state index in [0.29, 0.717) is 17.1 Å². The van der Waals surface area contributed by atoms with E-state index in [-0.39, 0.29) is 12.6 Å². The predicted molar refractivity (Wildman–Crippen MR) is 108 cm³/mol. The summed E-state index contributed by atoms with van der Waals surface area (Å²) < 4.78 is 30.5. The van der Waals surface area contributed by atoms with Crippen LogP contribution in [0.2, 0.25) is 5.02 Å². The molecule has 146 valence electrons. The van der Waals surface area contributed by atoms with Crippen LogP contribution in [0.1, 0.15) is 24.9 Å². The highest BCUT2D eigenvalue weighted by molar-refractivity contribution is 7.92. The first kappa shape index (κ1) is 21.1. The molecule has 1 amide bonds. The Kier molecular flexibility index (Phi) is 7.10. The summed E-state index contributed by atoms with van der Waals surface area (Å²) in [4.78, 5) is 12.5. The molecule has 6 nitrogen and oxygen atoms in total. The van der Waals surface area contributed by atoms with Crippen LogP contribution in [0.5, 0.6) is 5.75 Å². The van der Waals surface area contributed by atoms with E-state index in [2.05, 4.69) is 5.32 Å². The second-order valence-electron chi connectivity index (χ2n) is 6.05. The fraction of sp³-hybridized carbons (Fsp3) is 0.316. The highest BCUT2D eigenvalue weighted by Gasteiger charge is 2.22. The van der Waals surface area contributed by atoms with Gasteiger partial charge in [0.15, 0.2) is 0 Å². The lowest BCUT2D eigenvalue weighted by Gasteiger charge is -2.24. The van der Waals surface area contributed by atoms with Crippen molar-refractivity contribution in [2.24, 2.45) is 0 Å². The standard InChI is InChI=1S/C19H23ClN2O4S/c1-4-18(14-8-10-17(26-2)11-9-14)21-19(23)13-22(27(3,24)25)16-7-5-6-15(20)12-16/h5-12,18H,4,13H2,1-3H3,(H,21,23)/t18-/m0/s1. The van der Waals surface area contributed by atoms with E-state index in [1.54, 1.807) is 25.3 Å². The molecular weight excluding hydrogens is 388 g/mol. The van der Waals surface area contributed by atoms with Crippen LogP contribution in [0.25, 0.3) is 0 Å². The van der Waals surface area contributed by atoms with Gasteiger partial charge >= 0.3 is 0 Å². The number of carbonyl (C=O) groups excluding carboxylic acids is 1. The zero-order chi connectivity index (χ0) is 20.0. The molecule has 1 atom stereocenters. The molecule has 27 heavy (non-hydrogen) atoms. The highest BCUT2D eigenvalue weighted by atomic mass is 35.5. The minimum absolute atomic E-state index is 0.232. The molecule has 0 aromatic heterocycles. The number of benzene rings is 2. The molecule has 0 aliphatic rings. The summed E-state index contributed by atoms with van der Waals surface area (Å²) in [7, 11) is -2.06. The third-order valence-corrected chi connectivity index (χ3v) is 5.42. The van der Waals surface area contributed by atoms with Gasteiger partial charge in [0.05, 0.1) is 25.1 Å². The Hall–Kier alpha value is -2.25. The fourth-order valence-electron chi connectivity index (χ4n) is 2.66. The summed E-state index contributed by atoms with van der Waals surface area (Å²) in [5.41, 5.74) is 1.26. The Morgan fingerprint density at radius 3 is 2.41 bits per heavy atom. The lowest BCUT2D eigenvalue weighted by Crippen LogP contribution is -2.41. The smallest absolute Gasteiger partial charge is 0.241 e. The number of ether oxygens (including phenoxy) is 1. The van der Waals surface area contributed by atoms with E-state index in [0.717, 1.165) is 21.9 Å². The molecule has 2 aromatic rings. The summed E-state index contributed by atoms with van der Waals surface area (Å²) in [6.07, 6.45) is 1.72. The topological polar surface area (TPSA) is 75.7 Å². The molecule has 0 saturated carbocycles. The maximum atomic E-state index is 12.5. The van der Waals surface area contributed by atoms with Crippen molar-refractivity contribution in [1.29, 1.82) is 0 Å². The number of anilines is 1. The van der Waals surface area contributed by atoms with Crippen LogP contribution in [-0.2, 0) is 14.8 Å². The summed E-state index contributed by atoms with van der Waals surface area (Å²) in [6, 6.07) is 13.5. The van der Waals surface area contributed by atoms with Crippen molar-refractivity contribution in [1.82, 2.24) is 5.32 Å². The molecule has 8 heteroatoms. The Morgan fingerprint density at radius 2 is 1.89 bits per heavy atom. The van der Waals surface area contributed by atoms with Crippen molar-refractivity contribution in [2.45, 2.75) is 19.4 Å². The van der Waals surface area contributed by atoms with Gasteiger partial charge in [-0.15, -0.1) is 0 Å². The zero-order valence-electron chi connectivity index (χ0n) is 15.5. The number of sulfonamides is 1. The molecule has 0 bridgehead atoms. The summed E-state index contributed by atoms with van der Waals surface area (Å²) in [5, 5.41) is 3.28. The highest BCUT2D eigenvalue weighted by Crippen LogP contribution is 2.23. The number of carbonyl (C=O) groups is 1. The van der Waals surface area contributed by atoms with E-state index in [4.69, 9.17) is 16.3 Å². The maximum absolute atomic E-state index is 12.5. The van der Waals surface area contributed by atoms with Crippen LogP contribution in [0, 0.1) is 0 Å². The minimum Gasteiger partial charge on any atom is -0.497 e. The molecule has 2 rings (SSSR count). The first-order valence-corrected chi connectivity index (χ1v) is 10.6. The monoisotopic (exact) mass is 410 g/mol. The number of hydrogen-bond acceptors (Lipinski definition) is 4. The minimum atomic E-state index is -3.65. The summed E-state index contributed by atoms with van der Waals surface area (Å²) in [5.74, 6) is 0.326. The van der Waals surface area contributed by atoms with Crippen LogP contribution in [0.15, 0.2) is 48.5 Å². The third-order valence-electron chi connectivity index (χ3n) is 4.05. The number of nitrogens with zero attached hydrogens (tertiary/aromatic N) is 1. The van der Waals surface area contributed by atoms with Gasteiger partial charge in [0.25, 0.3) is 0 Å². The molecule has 0 unspecified atom stereocenters. The first-order valence-electron chi connectivity index (χ1n) is 8.41. The van der Waals surface area contributed by atoms with Gasteiger partial charge in [-0.1, -0.05) is 36.7 Å². The van der Waals surface area contributed by atoms with E-state index in [1.807, 2.05) is 31.2 Å². The van der Waals surface area contributed by atoms with Gasteiger partial charge in [-0.3, -0.25) is 9.10 Å². The summed E-state index contributed by atoms with van der Waals surface area (Å²) in [6.45, 7) is 1.62. The van der Waals surface area contributed by atoms with Crippen molar-refractivity contribution in [3.63, 3.8) is 0 Å². The van der Waals surface area contributed by atoms with Gasteiger partial charge in [0.2, 0.25) is 15.9 Å². The lowest BCUT2D eigenvalue weighted by molar-refractivity contribution is -0.120. The SMILES string of the molecule is CC[C@H](NC(=O)CN(c1cccc(Cl)c1)S(C)(=O)=O)c1ccc(OC)cc1. The molecule has 0 fully saturated rings. The van der Waals surface area contributed by atoms with E-state index in [9.17, 15) is 13.2 Å². The lowest BCUT2D eigenvalue weighted by atomic mass is 10.0. The van der Waals surface area contributed by atoms with Crippen LogP contribution >= 0.6 is 11.6 Å². The number of amides is 1. The average molecular weight is 411 g/mol. The predicted octanol–water partition coefficient (Wildman–Crippen LogP) is 3.38. The van der Waals surface area contributed by atoms with Crippen LogP contribution in [-0.4, -0.2) is 34.2 Å². The number of rotatable bonds is 8. The van der Waals surface area contributed by atoms with Gasteiger partial charge in [-0.2, -0.15) is 0 Å². The third kappa shape index (κ3) is 5.87. The average Bonchev–Trinajstić information content (AvgIpc) is 2.63. The largest absolute Gasteiger partial charge is 0.497 e. The Morgan fingerprint density at radius 1 is 1.22 bits per heavy atom. The van der Waals surface area contributed by atoms with Crippen molar-refractivity contribution < 1.29 is 17.9 Å². The van der Waals surface area contributed by atoms with Crippen LogP contribution in [0.3, 0.4) is 0 Å². The maximum Gasteiger partial charge on any atom is 0.241 e. The second kappa shape index (κ2) is 9.10. The molecular formula is C19H23ClN2O4S. The normalized spacial score (nSPS) is 12.3. The number of nitrogens with one attached hydrogen (secondary N) is 1. The molecule has 1 N–H and O–H groups in total. The molecule has 0 aliphatic heterocycles. The van der Waals surface area contributed by atoms with Crippen molar-refractivity contribution in [3.05, 3.63) is 59.1 Å². The van der Waals surface area contributed by atoms with E-state index >= 15 is 0 Å². The van der Waals surface area contributed by atoms with Crippen LogP contribution < -0.4 is 14.4 Å². The molecule has 0 saturated heterocycles. The summed E-state index contributed by atoms with van der Waals surface area (Å²) >= 11 is 5.95. The first-order chi connectivity index (χ1) is 12.7. The van der Waals surface area contributed by atoms with Gasteiger partial charge < -0.3 is 10.1 Å².